The molecule has 3 aromatic rings. The van der Waals surface area contributed by atoms with Crippen LogP contribution in [-0.4, -0.2) is 53.9 Å². The van der Waals surface area contributed by atoms with Crippen LogP contribution in [0.3, 0.4) is 0 Å². The number of likely N-dealkylation sites (N-methyl/N-ethyl adjacent to an activating group) is 1. The number of hydrogen-bond acceptors (Lipinski definition) is 6. The van der Waals surface area contributed by atoms with Gasteiger partial charge in [0, 0.05) is 57.0 Å². The Morgan fingerprint density at radius 3 is 2.69 bits per heavy atom. The molecule has 1 aliphatic rings. The maximum Gasteiger partial charge on any atom is 0.259 e. The van der Waals surface area contributed by atoms with Gasteiger partial charge in [0.15, 0.2) is 0 Å². The molecule has 2 aromatic carbocycles. The van der Waals surface area contributed by atoms with E-state index in [9.17, 15) is 9.00 Å². The molecule has 1 aliphatic heterocycles. The molecule has 3 atom stereocenters. The highest BCUT2D eigenvalue weighted by Gasteiger charge is 2.19. The Balaban J connectivity index is 1.69. The van der Waals surface area contributed by atoms with E-state index in [4.69, 9.17) is 4.74 Å². The van der Waals surface area contributed by atoms with Gasteiger partial charge >= 0.3 is 0 Å². The number of nitrogens with one attached hydrogen (secondary N) is 2. The van der Waals surface area contributed by atoms with Crippen molar-refractivity contribution in [1.29, 1.82) is 0 Å². The van der Waals surface area contributed by atoms with Crippen LogP contribution in [0.4, 0.5) is 11.5 Å². The highest BCUT2D eigenvalue weighted by atomic mass is 32.2. The summed E-state index contributed by atoms with van der Waals surface area (Å²) in [4.78, 5) is 16.5. The summed E-state index contributed by atoms with van der Waals surface area (Å²) in [6, 6.07) is 14.3. The number of anilines is 2. The third kappa shape index (κ3) is 5.66. The SMILES string of the molecule is CCN(CCNC1CCOC1)c1cc2c([C@@H](C)Nc3ccccc3S(C)=O)cc(C)cc2c(=O)n1C. The summed E-state index contributed by atoms with van der Waals surface area (Å²) in [5, 5.41) is 8.80. The second-order valence-corrected chi connectivity index (χ2v) is 10.9. The fraction of sp³-hybridized carbons (Fsp3) is 0.464. The number of aryl methyl sites for hydroxylation is 1. The first-order valence-electron chi connectivity index (χ1n) is 12.7. The first-order valence-corrected chi connectivity index (χ1v) is 14.2. The van der Waals surface area contributed by atoms with Gasteiger partial charge in [0.2, 0.25) is 0 Å². The minimum Gasteiger partial charge on any atom is -0.380 e. The molecule has 1 fully saturated rings. The second-order valence-electron chi connectivity index (χ2n) is 9.59. The van der Waals surface area contributed by atoms with Crippen LogP contribution in [0.2, 0.25) is 0 Å². The van der Waals surface area contributed by atoms with Crippen LogP contribution >= 0.6 is 0 Å². The lowest BCUT2D eigenvalue weighted by Gasteiger charge is -2.27. The first kappa shape index (κ1) is 26.4. The molecule has 0 spiro atoms. The van der Waals surface area contributed by atoms with Crippen molar-refractivity contribution in [3.05, 3.63) is 63.9 Å². The molecular formula is C28H38N4O3S. The van der Waals surface area contributed by atoms with Crippen molar-refractivity contribution in [2.24, 2.45) is 7.05 Å². The summed E-state index contributed by atoms with van der Waals surface area (Å²) >= 11 is 0. The zero-order chi connectivity index (χ0) is 25.8. The molecule has 0 amide bonds. The molecule has 4 rings (SSSR count). The molecule has 8 heteroatoms. The van der Waals surface area contributed by atoms with Crippen molar-refractivity contribution in [1.82, 2.24) is 9.88 Å². The summed E-state index contributed by atoms with van der Waals surface area (Å²) in [6.45, 7) is 10.3. The Morgan fingerprint density at radius 1 is 1.22 bits per heavy atom. The number of pyridine rings is 1. The monoisotopic (exact) mass is 510 g/mol. The number of aromatic nitrogens is 1. The number of rotatable bonds is 10. The van der Waals surface area contributed by atoms with Crippen LogP contribution in [-0.2, 0) is 22.6 Å². The molecule has 194 valence electrons. The van der Waals surface area contributed by atoms with Crippen molar-refractivity contribution < 1.29 is 8.95 Å². The van der Waals surface area contributed by atoms with E-state index < -0.39 is 10.8 Å². The quantitative estimate of drug-likeness (QED) is 0.430. The summed E-state index contributed by atoms with van der Waals surface area (Å²) in [5.74, 6) is 0.909. The Kier molecular flexibility index (Phi) is 8.49. The maximum atomic E-state index is 13.5. The fourth-order valence-electron chi connectivity index (χ4n) is 5.02. The topological polar surface area (TPSA) is 75.6 Å². The van der Waals surface area contributed by atoms with E-state index in [1.165, 1.54) is 0 Å². The van der Waals surface area contributed by atoms with Crippen LogP contribution in [0.25, 0.3) is 10.8 Å². The fourth-order valence-corrected chi connectivity index (χ4v) is 5.72. The second kappa shape index (κ2) is 11.6. The molecular weight excluding hydrogens is 472 g/mol. The van der Waals surface area contributed by atoms with Gasteiger partial charge in [-0.1, -0.05) is 18.2 Å². The average Bonchev–Trinajstić information content (AvgIpc) is 3.38. The van der Waals surface area contributed by atoms with Gasteiger partial charge in [0.1, 0.15) is 5.82 Å². The largest absolute Gasteiger partial charge is 0.380 e. The third-order valence-electron chi connectivity index (χ3n) is 6.99. The van der Waals surface area contributed by atoms with E-state index in [2.05, 4.69) is 41.5 Å². The van der Waals surface area contributed by atoms with Gasteiger partial charge in [-0.3, -0.25) is 13.6 Å². The Hall–Kier alpha value is -2.68. The molecule has 0 aliphatic carbocycles. The van der Waals surface area contributed by atoms with Crippen molar-refractivity contribution in [3.63, 3.8) is 0 Å². The summed E-state index contributed by atoms with van der Waals surface area (Å²) in [5.41, 5.74) is 2.95. The zero-order valence-electron chi connectivity index (χ0n) is 22.0. The Labute approximate surface area is 216 Å². The molecule has 7 nitrogen and oxygen atoms in total. The van der Waals surface area contributed by atoms with Crippen LogP contribution in [0.15, 0.2) is 52.2 Å². The smallest absolute Gasteiger partial charge is 0.259 e. The minimum atomic E-state index is -1.10. The number of ether oxygens (including phenoxy) is 1. The average molecular weight is 511 g/mol. The van der Waals surface area contributed by atoms with Gasteiger partial charge in [0.05, 0.1) is 28.0 Å². The molecule has 0 radical (unpaired) electrons. The van der Waals surface area contributed by atoms with E-state index in [1.54, 1.807) is 10.8 Å². The first-order chi connectivity index (χ1) is 17.3. The third-order valence-corrected chi connectivity index (χ3v) is 7.97. The lowest BCUT2D eigenvalue weighted by molar-refractivity contribution is 0.190. The Morgan fingerprint density at radius 2 is 2.00 bits per heavy atom. The van der Waals surface area contributed by atoms with E-state index in [0.717, 1.165) is 77.6 Å². The van der Waals surface area contributed by atoms with E-state index in [-0.39, 0.29) is 11.6 Å². The summed E-state index contributed by atoms with van der Waals surface area (Å²) in [6.07, 6.45) is 2.74. The number of hydrogen-bond donors (Lipinski definition) is 2. The van der Waals surface area contributed by atoms with Gasteiger partial charge in [-0.15, -0.1) is 0 Å². The van der Waals surface area contributed by atoms with E-state index in [1.807, 2.05) is 44.3 Å². The molecule has 1 aromatic heterocycles. The van der Waals surface area contributed by atoms with Crippen molar-refractivity contribution in [2.75, 3.05) is 49.3 Å². The molecule has 2 unspecified atom stereocenters. The van der Waals surface area contributed by atoms with Crippen molar-refractivity contribution >= 4 is 33.1 Å². The number of fused-ring (bicyclic) bond motifs is 1. The van der Waals surface area contributed by atoms with E-state index in [0.29, 0.717) is 6.04 Å². The van der Waals surface area contributed by atoms with Crippen LogP contribution in [0, 0.1) is 6.92 Å². The Bertz CT molecular complexity index is 1300. The molecule has 36 heavy (non-hydrogen) atoms. The van der Waals surface area contributed by atoms with Crippen molar-refractivity contribution in [2.45, 2.75) is 44.2 Å². The molecule has 0 saturated carbocycles. The van der Waals surface area contributed by atoms with Gasteiger partial charge in [-0.2, -0.15) is 0 Å². The lowest BCUT2D eigenvalue weighted by atomic mass is 9.97. The van der Waals surface area contributed by atoms with Gasteiger partial charge < -0.3 is 20.3 Å². The van der Waals surface area contributed by atoms with Crippen LogP contribution in [0.1, 0.15) is 37.4 Å². The lowest BCUT2D eigenvalue weighted by Crippen LogP contribution is -2.39. The van der Waals surface area contributed by atoms with Gasteiger partial charge in [-0.05, 0) is 68.0 Å². The normalized spacial score (nSPS) is 17.3. The molecule has 2 N–H and O–H groups in total. The minimum absolute atomic E-state index is 0.00492. The maximum absolute atomic E-state index is 13.5. The zero-order valence-corrected chi connectivity index (χ0v) is 22.8. The van der Waals surface area contributed by atoms with Crippen molar-refractivity contribution in [3.8, 4) is 0 Å². The highest BCUT2D eigenvalue weighted by Crippen LogP contribution is 2.31. The number of benzene rings is 2. The summed E-state index contributed by atoms with van der Waals surface area (Å²) < 4.78 is 19.5. The standard InChI is InChI=1S/C28H38N4O3S/c1-6-32(13-12-29-21-11-14-35-18-21)27-17-23-22(15-19(2)16-24(23)28(33)31(27)4)20(3)30-25-9-7-8-10-26(25)36(5)34/h7-10,15-17,20-21,29-30H,6,11-14,18H2,1-5H3/t20-,21?,36?/m1/s1. The molecule has 0 bridgehead atoms. The molecule has 2 heterocycles. The number of nitrogens with zero attached hydrogens (tertiary/aromatic N) is 2. The number of para-hydroxylation sites is 1. The summed E-state index contributed by atoms with van der Waals surface area (Å²) in [7, 11) is 0.752. The predicted molar refractivity (Wildman–Crippen MR) is 150 cm³/mol. The molecule has 1 saturated heterocycles. The predicted octanol–water partition coefficient (Wildman–Crippen LogP) is 3.96. The van der Waals surface area contributed by atoms with Crippen LogP contribution < -0.4 is 21.1 Å². The van der Waals surface area contributed by atoms with Crippen LogP contribution in [0.5, 0.6) is 0 Å². The van der Waals surface area contributed by atoms with Gasteiger partial charge in [-0.25, -0.2) is 0 Å². The highest BCUT2D eigenvalue weighted by molar-refractivity contribution is 7.84. The van der Waals surface area contributed by atoms with E-state index >= 15 is 0 Å². The van der Waals surface area contributed by atoms with Gasteiger partial charge in [0.25, 0.3) is 5.56 Å².